The highest BCUT2D eigenvalue weighted by molar-refractivity contribution is 6.11. The van der Waals surface area contributed by atoms with Crippen molar-refractivity contribution in [1.29, 1.82) is 0 Å². The van der Waals surface area contributed by atoms with Crippen LogP contribution < -0.4 is 4.90 Å². The first-order valence-electron chi connectivity index (χ1n) is 8.40. The molecule has 4 nitrogen and oxygen atoms in total. The van der Waals surface area contributed by atoms with Crippen molar-refractivity contribution in [2.24, 2.45) is 0 Å². The van der Waals surface area contributed by atoms with E-state index in [2.05, 4.69) is 0 Å². The molecule has 0 radical (unpaired) electrons. The number of ether oxygens (including phenoxy) is 1. The minimum atomic E-state index is -0.677. The standard InChI is InChI=1S/C22H18FNO3/c1-24(17-10-3-2-4-11-17)21(25)18-12-6-7-13-19(18)22(26)27-15-16-9-5-8-14-20(16)23/h2-14H,15H2,1H3. The van der Waals surface area contributed by atoms with E-state index in [0.717, 1.165) is 0 Å². The lowest BCUT2D eigenvalue weighted by Crippen LogP contribution is -2.28. The van der Waals surface area contributed by atoms with Crippen molar-refractivity contribution in [2.45, 2.75) is 6.61 Å². The third kappa shape index (κ3) is 4.20. The van der Waals surface area contributed by atoms with E-state index in [1.165, 1.54) is 17.0 Å². The number of benzene rings is 3. The monoisotopic (exact) mass is 363 g/mol. The van der Waals surface area contributed by atoms with Gasteiger partial charge in [-0.15, -0.1) is 0 Å². The summed E-state index contributed by atoms with van der Waals surface area (Å²) in [6.07, 6.45) is 0. The minimum absolute atomic E-state index is 0.140. The lowest BCUT2D eigenvalue weighted by molar-refractivity contribution is 0.0466. The van der Waals surface area contributed by atoms with E-state index >= 15 is 0 Å². The molecule has 0 fully saturated rings. The molecule has 0 atom stereocenters. The van der Waals surface area contributed by atoms with Gasteiger partial charge in [-0.3, -0.25) is 4.79 Å². The lowest BCUT2D eigenvalue weighted by Gasteiger charge is -2.18. The van der Waals surface area contributed by atoms with Crippen molar-refractivity contribution < 1.29 is 18.7 Å². The van der Waals surface area contributed by atoms with Gasteiger partial charge in [0.25, 0.3) is 5.91 Å². The van der Waals surface area contributed by atoms with Gasteiger partial charge >= 0.3 is 5.97 Å². The molecule has 0 aliphatic heterocycles. The Hall–Kier alpha value is -3.47. The molecule has 3 rings (SSSR count). The number of carbonyl (C=O) groups excluding carboxylic acids is 2. The Morgan fingerprint density at radius 2 is 1.44 bits per heavy atom. The molecule has 27 heavy (non-hydrogen) atoms. The summed E-state index contributed by atoms with van der Waals surface area (Å²) in [6, 6.07) is 21.6. The van der Waals surface area contributed by atoms with Gasteiger partial charge in [0.05, 0.1) is 11.1 Å². The molecule has 3 aromatic carbocycles. The molecule has 0 saturated carbocycles. The second-order valence-electron chi connectivity index (χ2n) is 5.91. The van der Waals surface area contributed by atoms with Crippen LogP contribution in [0.2, 0.25) is 0 Å². The summed E-state index contributed by atoms with van der Waals surface area (Å²) < 4.78 is 18.9. The summed E-state index contributed by atoms with van der Waals surface area (Å²) in [4.78, 5) is 26.8. The number of carbonyl (C=O) groups is 2. The number of hydrogen-bond donors (Lipinski definition) is 0. The number of anilines is 1. The largest absolute Gasteiger partial charge is 0.457 e. The molecule has 0 N–H and O–H groups in total. The molecule has 0 bridgehead atoms. The molecule has 136 valence electrons. The highest BCUT2D eigenvalue weighted by atomic mass is 19.1. The molecule has 0 spiro atoms. The van der Waals surface area contributed by atoms with Crippen LogP contribution in [0.3, 0.4) is 0 Å². The van der Waals surface area contributed by atoms with Crippen molar-refractivity contribution in [2.75, 3.05) is 11.9 Å². The molecule has 0 aliphatic rings. The van der Waals surface area contributed by atoms with Crippen LogP contribution in [0.15, 0.2) is 78.9 Å². The number of hydrogen-bond acceptors (Lipinski definition) is 3. The first-order valence-corrected chi connectivity index (χ1v) is 8.40. The first-order chi connectivity index (χ1) is 13.1. The highest BCUT2D eigenvalue weighted by Crippen LogP contribution is 2.19. The first kappa shape index (κ1) is 18.3. The fourth-order valence-corrected chi connectivity index (χ4v) is 2.63. The fraction of sp³-hybridized carbons (Fsp3) is 0.0909. The van der Waals surface area contributed by atoms with E-state index in [-0.39, 0.29) is 29.2 Å². The number of nitrogens with zero attached hydrogens (tertiary/aromatic N) is 1. The predicted octanol–water partition coefficient (Wildman–Crippen LogP) is 4.46. The number of esters is 1. The summed E-state index contributed by atoms with van der Waals surface area (Å²) in [5.74, 6) is -1.46. The Labute approximate surface area is 156 Å². The van der Waals surface area contributed by atoms with Crippen molar-refractivity contribution in [3.05, 3.63) is 101 Å². The number of halogens is 1. The van der Waals surface area contributed by atoms with Crippen molar-refractivity contribution in [3.8, 4) is 0 Å². The van der Waals surface area contributed by atoms with Gasteiger partial charge in [0, 0.05) is 18.3 Å². The maximum absolute atomic E-state index is 13.7. The van der Waals surface area contributed by atoms with E-state index in [1.807, 2.05) is 18.2 Å². The van der Waals surface area contributed by atoms with Gasteiger partial charge in [-0.2, -0.15) is 0 Å². The van der Waals surface area contributed by atoms with Crippen LogP contribution in [0.25, 0.3) is 0 Å². The Balaban J connectivity index is 1.80. The quantitative estimate of drug-likeness (QED) is 0.629. The zero-order chi connectivity index (χ0) is 19.2. The molecule has 1 amide bonds. The molecule has 0 saturated heterocycles. The van der Waals surface area contributed by atoms with Crippen LogP contribution in [0.4, 0.5) is 10.1 Å². The minimum Gasteiger partial charge on any atom is -0.457 e. The smallest absolute Gasteiger partial charge is 0.339 e. The van der Waals surface area contributed by atoms with Gasteiger partial charge in [0.15, 0.2) is 0 Å². The molecule has 5 heteroatoms. The number of para-hydroxylation sites is 1. The van der Waals surface area contributed by atoms with Crippen molar-refractivity contribution >= 4 is 17.6 Å². The SMILES string of the molecule is CN(C(=O)c1ccccc1C(=O)OCc1ccccc1F)c1ccccc1. The zero-order valence-electron chi connectivity index (χ0n) is 14.8. The Kier molecular flexibility index (Phi) is 5.61. The normalized spacial score (nSPS) is 10.3. The Bertz CT molecular complexity index is 957. The van der Waals surface area contributed by atoms with Gasteiger partial charge in [0.2, 0.25) is 0 Å². The van der Waals surface area contributed by atoms with E-state index in [4.69, 9.17) is 4.74 Å². The van der Waals surface area contributed by atoms with E-state index in [1.54, 1.807) is 55.6 Å². The molecule has 0 unspecified atom stereocenters. The Morgan fingerprint density at radius 1 is 0.852 bits per heavy atom. The summed E-state index contributed by atoms with van der Waals surface area (Å²) in [7, 11) is 1.64. The molecule has 0 aromatic heterocycles. The van der Waals surface area contributed by atoms with Crippen LogP contribution in [0, 0.1) is 5.82 Å². The number of rotatable bonds is 5. The van der Waals surface area contributed by atoms with E-state index < -0.39 is 11.8 Å². The van der Waals surface area contributed by atoms with E-state index in [9.17, 15) is 14.0 Å². The van der Waals surface area contributed by atoms with Crippen molar-refractivity contribution in [1.82, 2.24) is 0 Å². The lowest BCUT2D eigenvalue weighted by atomic mass is 10.1. The summed E-state index contributed by atoms with van der Waals surface area (Å²) >= 11 is 0. The molecular formula is C22H18FNO3. The third-order valence-electron chi connectivity index (χ3n) is 4.14. The third-order valence-corrected chi connectivity index (χ3v) is 4.14. The number of amides is 1. The maximum atomic E-state index is 13.7. The van der Waals surface area contributed by atoms with Crippen LogP contribution in [0.1, 0.15) is 26.3 Å². The van der Waals surface area contributed by atoms with Crippen molar-refractivity contribution in [3.63, 3.8) is 0 Å². The molecule has 0 heterocycles. The van der Waals surface area contributed by atoms with Crippen LogP contribution in [-0.2, 0) is 11.3 Å². The van der Waals surface area contributed by atoms with Crippen LogP contribution in [0.5, 0.6) is 0 Å². The van der Waals surface area contributed by atoms with Gasteiger partial charge in [-0.25, -0.2) is 9.18 Å². The van der Waals surface area contributed by atoms with Gasteiger partial charge < -0.3 is 9.64 Å². The highest BCUT2D eigenvalue weighted by Gasteiger charge is 2.21. The second kappa shape index (κ2) is 8.27. The predicted molar refractivity (Wildman–Crippen MR) is 101 cm³/mol. The van der Waals surface area contributed by atoms with Gasteiger partial charge in [-0.05, 0) is 30.3 Å². The topological polar surface area (TPSA) is 46.6 Å². The van der Waals surface area contributed by atoms with Gasteiger partial charge in [0.1, 0.15) is 12.4 Å². The maximum Gasteiger partial charge on any atom is 0.339 e. The fourth-order valence-electron chi connectivity index (χ4n) is 2.63. The van der Waals surface area contributed by atoms with E-state index in [0.29, 0.717) is 5.69 Å². The Morgan fingerprint density at radius 3 is 2.15 bits per heavy atom. The summed E-state index contributed by atoms with van der Waals surface area (Å²) in [6.45, 7) is -0.206. The molecule has 3 aromatic rings. The molecule has 0 aliphatic carbocycles. The zero-order valence-corrected chi connectivity index (χ0v) is 14.8. The average Bonchev–Trinajstić information content (AvgIpc) is 2.72. The summed E-state index contributed by atoms with van der Waals surface area (Å²) in [5, 5.41) is 0. The van der Waals surface area contributed by atoms with Gasteiger partial charge in [-0.1, -0.05) is 48.5 Å². The molecular weight excluding hydrogens is 345 g/mol. The van der Waals surface area contributed by atoms with Crippen LogP contribution >= 0.6 is 0 Å². The van der Waals surface area contributed by atoms with Crippen LogP contribution in [-0.4, -0.2) is 18.9 Å². The second-order valence-corrected chi connectivity index (χ2v) is 5.91. The summed E-state index contributed by atoms with van der Waals surface area (Å²) in [5.41, 5.74) is 1.34. The average molecular weight is 363 g/mol.